The van der Waals surface area contributed by atoms with E-state index in [0.29, 0.717) is 11.3 Å². The van der Waals surface area contributed by atoms with Gasteiger partial charge in [-0.15, -0.1) is 0 Å². The van der Waals surface area contributed by atoms with Crippen molar-refractivity contribution in [3.05, 3.63) is 18.2 Å². The van der Waals surface area contributed by atoms with Crippen molar-refractivity contribution in [2.75, 3.05) is 38.1 Å². The molecule has 2 aromatic rings. The van der Waals surface area contributed by atoms with Crippen LogP contribution in [0.2, 0.25) is 0 Å². The number of nitrogens with two attached hydrogens (primary N) is 1. The number of rotatable bonds is 2. The van der Waals surface area contributed by atoms with E-state index in [-0.39, 0.29) is 0 Å². The number of carbonyl (C=O) groups excluding carboxylic acids is 1. The fourth-order valence-corrected chi connectivity index (χ4v) is 2.59. The molecule has 0 saturated carbocycles. The summed E-state index contributed by atoms with van der Waals surface area (Å²) < 4.78 is 5.00. The van der Waals surface area contributed by atoms with Crippen molar-refractivity contribution < 1.29 is 9.53 Å². The number of nitrogens with zero attached hydrogens (tertiary/aromatic N) is 3. The van der Waals surface area contributed by atoms with Gasteiger partial charge < -0.3 is 25.3 Å². The number of likely N-dealkylation sites (N-methyl/N-ethyl adjacent to an activating group) is 1. The number of benzene rings is 1. The Morgan fingerprint density at radius 1 is 1.33 bits per heavy atom. The predicted octanol–water partition coefficient (Wildman–Crippen LogP) is 1.16. The second-order valence-electron chi connectivity index (χ2n) is 5.28. The Labute approximate surface area is 122 Å². The number of amides is 1. The Balaban J connectivity index is 1.91. The summed E-state index contributed by atoms with van der Waals surface area (Å²) in [5.74, 6) is 1.19. The lowest BCUT2D eigenvalue weighted by Gasteiger charge is -2.19. The van der Waals surface area contributed by atoms with Crippen molar-refractivity contribution in [3.63, 3.8) is 0 Å². The molecule has 3 rings (SSSR count). The third-order valence-corrected chi connectivity index (χ3v) is 3.69. The van der Waals surface area contributed by atoms with Crippen molar-refractivity contribution in [3.8, 4) is 5.75 Å². The number of aromatic nitrogens is 2. The molecule has 0 bridgehead atoms. The lowest BCUT2D eigenvalue weighted by molar-refractivity contribution is 0.211. The highest BCUT2D eigenvalue weighted by molar-refractivity contribution is 5.86. The molecule has 1 saturated heterocycles. The highest BCUT2D eigenvalue weighted by atomic mass is 16.5. The predicted molar refractivity (Wildman–Crippen MR) is 80.6 cm³/mol. The standard InChI is InChI=1S/C14H19N5O2/c1-18-6-3-7-19(9-8-18)14-16-10-4-2-5-11(12(10)17-14)21-13(15)20/h2,4-5H,3,6-9H2,1H3,(H2,15,20)(H,16,17). The molecule has 0 unspecified atom stereocenters. The van der Waals surface area contributed by atoms with Gasteiger partial charge in [0.2, 0.25) is 5.95 Å². The molecule has 1 fully saturated rings. The van der Waals surface area contributed by atoms with E-state index in [1.807, 2.05) is 6.07 Å². The largest absolute Gasteiger partial charge is 0.410 e. The Morgan fingerprint density at radius 2 is 2.19 bits per heavy atom. The summed E-state index contributed by atoms with van der Waals surface area (Å²) in [6.07, 6.45) is 0.265. The maximum Gasteiger partial charge on any atom is 0.410 e. The first-order valence-corrected chi connectivity index (χ1v) is 7.03. The van der Waals surface area contributed by atoms with Crippen LogP contribution in [0, 0.1) is 0 Å². The Kier molecular flexibility index (Phi) is 3.66. The second-order valence-corrected chi connectivity index (χ2v) is 5.28. The molecule has 0 spiro atoms. The topological polar surface area (TPSA) is 87.5 Å². The van der Waals surface area contributed by atoms with Gasteiger partial charge in [-0.05, 0) is 32.1 Å². The molecule has 21 heavy (non-hydrogen) atoms. The molecule has 7 heteroatoms. The van der Waals surface area contributed by atoms with Crippen molar-refractivity contribution >= 4 is 23.1 Å². The number of hydrogen-bond donors (Lipinski definition) is 2. The number of hydrogen-bond acceptors (Lipinski definition) is 5. The van der Waals surface area contributed by atoms with E-state index in [2.05, 4.69) is 26.8 Å². The fraction of sp³-hybridized carbons (Fsp3) is 0.429. The Hall–Kier alpha value is -2.28. The first-order valence-electron chi connectivity index (χ1n) is 7.03. The van der Waals surface area contributed by atoms with Gasteiger partial charge in [0.25, 0.3) is 0 Å². The molecule has 1 aliphatic rings. The van der Waals surface area contributed by atoms with Gasteiger partial charge in [0, 0.05) is 19.6 Å². The number of ether oxygens (including phenoxy) is 1. The van der Waals surface area contributed by atoms with E-state index in [1.165, 1.54) is 0 Å². The zero-order valence-corrected chi connectivity index (χ0v) is 12.0. The van der Waals surface area contributed by atoms with Crippen LogP contribution in [-0.4, -0.2) is 54.2 Å². The number of aromatic amines is 1. The van der Waals surface area contributed by atoms with E-state index >= 15 is 0 Å². The molecule has 0 atom stereocenters. The van der Waals surface area contributed by atoms with Gasteiger partial charge in [-0.3, -0.25) is 0 Å². The van der Waals surface area contributed by atoms with Gasteiger partial charge in [-0.1, -0.05) is 6.07 Å². The molecular weight excluding hydrogens is 270 g/mol. The molecule has 2 heterocycles. The number of nitrogens with one attached hydrogen (secondary N) is 1. The number of carbonyl (C=O) groups is 1. The van der Waals surface area contributed by atoms with Gasteiger partial charge in [-0.25, -0.2) is 9.78 Å². The molecule has 1 amide bonds. The molecule has 7 nitrogen and oxygen atoms in total. The van der Waals surface area contributed by atoms with Crippen LogP contribution in [0.15, 0.2) is 18.2 Å². The fourth-order valence-electron chi connectivity index (χ4n) is 2.59. The minimum atomic E-state index is -0.830. The van der Waals surface area contributed by atoms with E-state index < -0.39 is 6.09 Å². The number of para-hydroxylation sites is 1. The van der Waals surface area contributed by atoms with Crippen molar-refractivity contribution in [2.45, 2.75) is 6.42 Å². The SMILES string of the molecule is CN1CCCN(c2nc3c(OC(N)=O)cccc3[nH]2)CC1. The van der Waals surface area contributed by atoms with Crippen molar-refractivity contribution in [1.29, 1.82) is 0 Å². The zero-order valence-electron chi connectivity index (χ0n) is 12.0. The first kappa shape index (κ1) is 13.7. The number of anilines is 1. The summed E-state index contributed by atoms with van der Waals surface area (Å²) in [6.45, 7) is 3.97. The number of imidazole rings is 1. The first-order chi connectivity index (χ1) is 10.1. The molecule has 0 radical (unpaired) electrons. The Bertz CT molecular complexity index is 654. The van der Waals surface area contributed by atoms with Gasteiger partial charge in [-0.2, -0.15) is 0 Å². The summed E-state index contributed by atoms with van der Waals surface area (Å²) in [6, 6.07) is 5.40. The monoisotopic (exact) mass is 289 g/mol. The highest BCUT2D eigenvalue weighted by Crippen LogP contribution is 2.26. The van der Waals surface area contributed by atoms with Gasteiger partial charge in [0.15, 0.2) is 5.75 Å². The van der Waals surface area contributed by atoms with Crippen LogP contribution in [0.25, 0.3) is 11.0 Å². The molecular formula is C14H19N5O2. The van der Waals surface area contributed by atoms with E-state index in [1.54, 1.807) is 12.1 Å². The molecule has 3 N–H and O–H groups in total. The van der Waals surface area contributed by atoms with Crippen LogP contribution in [0.3, 0.4) is 0 Å². The van der Waals surface area contributed by atoms with E-state index in [9.17, 15) is 4.79 Å². The number of H-pyrrole nitrogens is 1. The third kappa shape index (κ3) is 2.92. The summed E-state index contributed by atoms with van der Waals surface area (Å²) in [5, 5.41) is 0. The van der Waals surface area contributed by atoms with Crippen LogP contribution in [0.5, 0.6) is 5.75 Å². The molecule has 112 valence electrons. The lowest BCUT2D eigenvalue weighted by atomic mass is 10.3. The van der Waals surface area contributed by atoms with E-state index in [0.717, 1.165) is 44.1 Å². The Morgan fingerprint density at radius 3 is 3.00 bits per heavy atom. The minimum absolute atomic E-state index is 0.384. The molecule has 1 aromatic heterocycles. The van der Waals surface area contributed by atoms with Crippen molar-refractivity contribution in [2.24, 2.45) is 5.73 Å². The summed E-state index contributed by atoms with van der Waals surface area (Å²) in [7, 11) is 2.13. The number of primary amides is 1. The normalized spacial score (nSPS) is 16.9. The van der Waals surface area contributed by atoms with Crippen LogP contribution < -0.4 is 15.4 Å². The second kappa shape index (κ2) is 5.61. The van der Waals surface area contributed by atoms with E-state index in [4.69, 9.17) is 10.5 Å². The van der Waals surface area contributed by atoms with Crippen molar-refractivity contribution in [1.82, 2.24) is 14.9 Å². The summed E-state index contributed by atoms with van der Waals surface area (Å²) in [5.41, 5.74) is 6.55. The number of fused-ring (bicyclic) bond motifs is 1. The molecule has 1 aliphatic heterocycles. The zero-order chi connectivity index (χ0) is 14.8. The smallest absolute Gasteiger partial charge is 0.408 e. The van der Waals surface area contributed by atoms with Crippen LogP contribution in [-0.2, 0) is 0 Å². The maximum absolute atomic E-state index is 10.9. The summed E-state index contributed by atoms with van der Waals surface area (Å²) >= 11 is 0. The van der Waals surface area contributed by atoms with Gasteiger partial charge in [0.05, 0.1) is 5.52 Å². The summed E-state index contributed by atoms with van der Waals surface area (Å²) in [4.78, 5) is 23.3. The molecule has 0 aliphatic carbocycles. The minimum Gasteiger partial charge on any atom is -0.408 e. The molecule has 1 aromatic carbocycles. The van der Waals surface area contributed by atoms with Gasteiger partial charge >= 0.3 is 6.09 Å². The van der Waals surface area contributed by atoms with Gasteiger partial charge in [0.1, 0.15) is 5.52 Å². The maximum atomic E-state index is 10.9. The highest BCUT2D eigenvalue weighted by Gasteiger charge is 2.17. The van der Waals surface area contributed by atoms with Crippen LogP contribution in [0.1, 0.15) is 6.42 Å². The van der Waals surface area contributed by atoms with Crippen LogP contribution in [0.4, 0.5) is 10.7 Å². The lowest BCUT2D eigenvalue weighted by Crippen LogP contribution is -2.29. The quantitative estimate of drug-likeness (QED) is 0.866. The third-order valence-electron chi connectivity index (χ3n) is 3.69. The average molecular weight is 289 g/mol. The van der Waals surface area contributed by atoms with Crippen LogP contribution >= 0.6 is 0 Å². The average Bonchev–Trinajstić information content (AvgIpc) is 2.75.